The molecule has 170 valence electrons. The third-order valence-corrected chi connectivity index (χ3v) is 6.28. The Morgan fingerprint density at radius 1 is 0.939 bits per heavy atom. The molecule has 0 radical (unpaired) electrons. The molecule has 3 nitrogen and oxygen atoms in total. The largest absolute Gasteiger partial charge is 0.508 e. The van der Waals surface area contributed by atoms with Gasteiger partial charge in [0.05, 0.1) is 5.41 Å². The van der Waals surface area contributed by atoms with Gasteiger partial charge in [-0.3, -0.25) is 4.79 Å². The first-order valence-electron chi connectivity index (χ1n) is 11.0. The van der Waals surface area contributed by atoms with Crippen LogP contribution in [0.15, 0.2) is 60.7 Å². The van der Waals surface area contributed by atoms with Gasteiger partial charge >= 0.3 is 5.97 Å². The summed E-state index contributed by atoms with van der Waals surface area (Å²) in [7, 11) is 0. The molecule has 3 aromatic carbocycles. The summed E-state index contributed by atoms with van der Waals surface area (Å²) >= 11 is 12.8. The summed E-state index contributed by atoms with van der Waals surface area (Å²) in [6.07, 6.45) is 2.53. The Bertz CT molecular complexity index is 1250. The van der Waals surface area contributed by atoms with Crippen molar-refractivity contribution in [1.82, 2.24) is 0 Å². The summed E-state index contributed by atoms with van der Waals surface area (Å²) in [4.78, 5) is 12.4. The molecule has 0 heterocycles. The zero-order valence-corrected chi connectivity index (χ0v) is 20.4. The van der Waals surface area contributed by atoms with Crippen molar-refractivity contribution in [3.05, 3.63) is 93.0 Å². The normalized spacial score (nSPS) is 14.0. The third kappa shape index (κ3) is 5.10. The molecular formula is C28H26Cl2O3. The van der Waals surface area contributed by atoms with Gasteiger partial charge in [-0.1, -0.05) is 47.5 Å². The van der Waals surface area contributed by atoms with Crippen molar-refractivity contribution in [2.75, 3.05) is 0 Å². The standard InChI is InChI=1S/C28H26Cl2O3/c1-28(2,3)27(32)33-21-11-13-22-17(15-21)6-5-9-24(23-12-10-19(29)16-25(23)30)26(22)18-7-4-8-20(31)14-18/h4,7-8,10-16,31H,5-6,9H2,1-3H3. The van der Waals surface area contributed by atoms with Crippen LogP contribution in [-0.4, -0.2) is 11.1 Å². The molecule has 33 heavy (non-hydrogen) atoms. The SMILES string of the molecule is CC(C)(C)C(=O)Oc1ccc2c(c1)CCCC(c1ccc(Cl)cc1Cl)=C2c1cccc(O)c1. The van der Waals surface area contributed by atoms with Crippen LogP contribution in [0.4, 0.5) is 0 Å². The maximum atomic E-state index is 12.4. The summed E-state index contributed by atoms with van der Waals surface area (Å²) < 4.78 is 5.66. The number of carbonyl (C=O) groups is 1. The van der Waals surface area contributed by atoms with Gasteiger partial charge in [-0.25, -0.2) is 0 Å². The van der Waals surface area contributed by atoms with E-state index in [0.717, 1.165) is 52.7 Å². The molecule has 0 unspecified atom stereocenters. The van der Waals surface area contributed by atoms with E-state index < -0.39 is 5.41 Å². The van der Waals surface area contributed by atoms with Crippen LogP contribution in [0.25, 0.3) is 11.1 Å². The average Bonchev–Trinajstić information content (AvgIpc) is 2.92. The van der Waals surface area contributed by atoms with E-state index in [-0.39, 0.29) is 11.7 Å². The first-order chi connectivity index (χ1) is 15.6. The second-order valence-electron chi connectivity index (χ2n) is 9.34. The Balaban J connectivity index is 1.90. The van der Waals surface area contributed by atoms with Crippen LogP contribution >= 0.6 is 23.2 Å². The van der Waals surface area contributed by atoms with Gasteiger partial charge in [-0.15, -0.1) is 0 Å². The van der Waals surface area contributed by atoms with Gasteiger partial charge in [-0.05, 0) is 110 Å². The maximum absolute atomic E-state index is 12.4. The lowest BCUT2D eigenvalue weighted by Crippen LogP contribution is -2.25. The fourth-order valence-electron chi connectivity index (χ4n) is 4.08. The Kier molecular flexibility index (Phi) is 6.56. The molecule has 0 atom stereocenters. The summed E-state index contributed by atoms with van der Waals surface area (Å²) in [5, 5.41) is 11.4. The number of ether oxygens (including phenoxy) is 1. The highest BCUT2D eigenvalue weighted by Crippen LogP contribution is 2.43. The number of aromatic hydroxyl groups is 1. The van der Waals surface area contributed by atoms with Gasteiger partial charge in [0, 0.05) is 10.0 Å². The van der Waals surface area contributed by atoms with Crippen molar-refractivity contribution >= 4 is 40.3 Å². The van der Waals surface area contributed by atoms with Crippen LogP contribution in [0.1, 0.15) is 55.9 Å². The van der Waals surface area contributed by atoms with Crippen LogP contribution in [0.3, 0.4) is 0 Å². The number of rotatable bonds is 3. The topological polar surface area (TPSA) is 46.5 Å². The maximum Gasteiger partial charge on any atom is 0.316 e. The van der Waals surface area contributed by atoms with Gasteiger partial charge in [0.25, 0.3) is 0 Å². The second kappa shape index (κ2) is 9.24. The van der Waals surface area contributed by atoms with Gasteiger partial charge < -0.3 is 9.84 Å². The number of aryl methyl sites for hydroxylation is 1. The average molecular weight is 481 g/mol. The Morgan fingerprint density at radius 3 is 2.39 bits per heavy atom. The Morgan fingerprint density at radius 2 is 1.70 bits per heavy atom. The van der Waals surface area contributed by atoms with E-state index >= 15 is 0 Å². The minimum Gasteiger partial charge on any atom is -0.508 e. The number of esters is 1. The number of phenols is 1. The zero-order valence-electron chi connectivity index (χ0n) is 18.9. The van der Waals surface area contributed by atoms with Crippen LogP contribution in [-0.2, 0) is 11.2 Å². The van der Waals surface area contributed by atoms with Crippen molar-refractivity contribution in [3.8, 4) is 11.5 Å². The molecule has 4 rings (SSSR count). The van der Waals surface area contributed by atoms with E-state index in [2.05, 4.69) is 0 Å². The predicted molar refractivity (Wildman–Crippen MR) is 135 cm³/mol. The number of halogens is 2. The summed E-state index contributed by atoms with van der Waals surface area (Å²) in [6, 6.07) is 18.6. The molecule has 0 spiro atoms. The van der Waals surface area contributed by atoms with Crippen molar-refractivity contribution in [3.63, 3.8) is 0 Å². The molecule has 0 aliphatic heterocycles. The van der Waals surface area contributed by atoms with E-state index in [1.807, 2.05) is 63.2 Å². The molecule has 0 saturated heterocycles. The van der Waals surface area contributed by atoms with E-state index in [4.69, 9.17) is 27.9 Å². The van der Waals surface area contributed by atoms with Gasteiger partial charge in [-0.2, -0.15) is 0 Å². The van der Waals surface area contributed by atoms with Crippen molar-refractivity contribution in [2.24, 2.45) is 5.41 Å². The molecule has 0 saturated carbocycles. The lowest BCUT2D eigenvalue weighted by atomic mass is 9.87. The molecule has 1 aliphatic rings. The second-order valence-corrected chi connectivity index (χ2v) is 10.2. The Hall–Kier alpha value is -2.75. The highest BCUT2D eigenvalue weighted by atomic mass is 35.5. The highest BCUT2D eigenvalue weighted by Gasteiger charge is 2.26. The fraction of sp³-hybridized carbons (Fsp3) is 0.250. The fourth-order valence-corrected chi connectivity index (χ4v) is 4.60. The predicted octanol–water partition coefficient (Wildman–Crippen LogP) is 7.95. The Labute approximate surface area is 204 Å². The summed E-state index contributed by atoms with van der Waals surface area (Å²) in [5.74, 6) is 0.466. The highest BCUT2D eigenvalue weighted by molar-refractivity contribution is 6.36. The number of carbonyl (C=O) groups excluding carboxylic acids is 1. The van der Waals surface area contributed by atoms with E-state index in [9.17, 15) is 9.90 Å². The van der Waals surface area contributed by atoms with Gasteiger partial charge in [0.15, 0.2) is 0 Å². The zero-order chi connectivity index (χ0) is 23.8. The molecule has 0 bridgehead atoms. The first kappa shape index (κ1) is 23.4. The number of hydrogen-bond acceptors (Lipinski definition) is 3. The first-order valence-corrected chi connectivity index (χ1v) is 11.7. The van der Waals surface area contributed by atoms with E-state index in [1.165, 1.54) is 0 Å². The molecular weight excluding hydrogens is 455 g/mol. The van der Waals surface area contributed by atoms with Crippen LogP contribution in [0, 0.1) is 5.41 Å². The molecule has 3 aromatic rings. The van der Waals surface area contributed by atoms with E-state index in [1.54, 1.807) is 18.2 Å². The number of allylic oxidation sites excluding steroid dienone is 1. The van der Waals surface area contributed by atoms with Crippen LogP contribution in [0.5, 0.6) is 11.5 Å². The molecule has 0 amide bonds. The summed E-state index contributed by atoms with van der Waals surface area (Å²) in [6.45, 7) is 5.51. The quantitative estimate of drug-likeness (QED) is 0.305. The minimum absolute atomic E-state index is 0.197. The molecule has 1 N–H and O–H groups in total. The van der Waals surface area contributed by atoms with Crippen molar-refractivity contribution in [1.29, 1.82) is 0 Å². The molecule has 0 fully saturated rings. The molecule has 5 heteroatoms. The smallest absolute Gasteiger partial charge is 0.316 e. The summed E-state index contributed by atoms with van der Waals surface area (Å²) in [5.41, 5.74) is 5.48. The number of phenolic OH excluding ortho intramolecular Hbond substituents is 1. The minimum atomic E-state index is -0.585. The molecule has 1 aliphatic carbocycles. The number of fused-ring (bicyclic) bond motifs is 1. The van der Waals surface area contributed by atoms with Crippen molar-refractivity contribution < 1.29 is 14.6 Å². The van der Waals surface area contributed by atoms with Gasteiger partial charge in [0.2, 0.25) is 0 Å². The van der Waals surface area contributed by atoms with Crippen molar-refractivity contribution in [2.45, 2.75) is 40.0 Å². The lowest BCUT2D eigenvalue weighted by molar-refractivity contribution is -0.143. The van der Waals surface area contributed by atoms with E-state index in [0.29, 0.717) is 15.8 Å². The third-order valence-electron chi connectivity index (χ3n) is 5.73. The monoisotopic (exact) mass is 480 g/mol. The van der Waals surface area contributed by atoms with Gasteiger partial charge in [0.1, 0.15) is 11.5 Å². The number of benzene rings is 3. The van der Waals surface area contributed by atoms with Crippen LogP contribution < -0.4 is 4.74 Å². The number of hydrogen-bond donors (Lipinski definition) is 1. The lowest BCUT2D eigenvalue weighted by Gasteiger charge is -2.19. The van der Waals surface area contributed by atoms with Crippen LogP contribution in [0.2, 0.25) is 10.0 Å². The molecule has 0 aromatic heterocycles.